The molecule has 0 spiro atoms. The number of aromatic amines is 1. The summed E-state index contributed by atoms with van der Waals surface area (Å²) >= 11 is 0. The summed E-state index contributed by atoms with van der Waals surface area (Å²) in [7, 11) is 2.87. The first-order chi connectivity index (χ1) is 13.0. The Labute approximate surface area is 159 Å². The Morgan fingerprint density at radius 1 is 1.33 bits per heavy atom. The number of nitrogens with one attached hydrogen (secondary N) is 2. The number of carbonyl (C=O) groups is 2. The van der Waals surface area contributed by atoms with Crippen molar-refractivity contribution in [1.29, 1.82) is 0 Å². The third-order valence-electron chi connectivity index (χ3n) is 5.06. The highest BCUT2D eigenvalue weighted by molar-refractivity contribution is 6.12. The van der Waals surface area contributed by atoms with Gasteiger partial charge in [0.2, 0.25) is 5.91 Å². The Morgan fingerprint density at radius 3 is 2.85 bits per heavy atom. The van der Waals surface area contributed by atoms with Crippen LogP contribution in [-0.2, 0) is 9.53 Å². The van der Waals surface area contributed by atoms with E-state index in [0.717, 1.165) is 13.1 Å². The Kier molecular flexibility index (Phi) is 6.01. The van der Waals surface area contributed by atoms with E-state index in [1.165, 1.54) is 20.0 Å². The zero-order valence-electron chi connectivity index (χ0n) is 16.1. The van der Waals surface area contributed by atoms with E-state index in [0.29, 0.717) is 41.2 Å². The summed E-state index contributed by atoms with van der Waals surface area (Å²) in [4.78, 5) is 30.1. The molecule has 2 heterocycles. The minimum absolute atomic E-state index is 0.134. The summed E-state index contributed by atoms with van der Waals surface area (Å²) in [5, 5.41) is 3.56. The van der Waals surface area contributed by atoms with Crippen LogP contribution in [0.4, 0.5) is 5.69 Å². The van der Waals surface area contributed by atoms with E-state index in [-0.39, 0.29) is 11.6 Å². The number of amides is 1. The zero-order valence-corrected chi connectivity index (χ0v) is 16.1. The Balaban J connectivity index is 1.80. The molecule has 1 atom stereocenters. The number of methoxy groups -OCH3 is 2. The Morgan fingerprint density at radius 2 is 2.15 bits per heavy atom. The second-order valence-corrected chi connectivity index (χ2v) is 7.10. The van der Waals surface area contributed by atoms with Crippen LogP contribution < -0.4 is 10.1 Å². The van der Waals surface area contributed by atoms with Crippen LogP contribution in [0.15, 0.2) is 18.2 Å². The van der Waals surface area contributed by atoms with Gasteiger partial charge >= 0.3 is 5.97 Å². The summed E-state index contributed by atoms with van der Waals surface area (Å²) in [6.45, 7) is 5.02. The quantitative estimate of drug-likeness (QED) is 0.761. The van der Waals surface area contributed by atoms with Crippen LogP contribution >= 0.6 is 0 Å². The molecule has 2 aromatic rings. The summed E-state index contributed by atoms with van der Waals surface area (Å²) < 4.78 is 10.3. The first-order valence-electron chi connectivity index (χ1n) is 9.32. The van der Waals surface area contributed by atoms with Crippen molar-refractivity contribution in [3.63, 3.8) is 0 Å². The van der Waals surface area contributed by atoms with E-state index in [1.54, 1.807) is 13.2 Å². The highest BCUT2D eigenvalue weighted by Gasteiger charge is 2.23. The number of hydrogen-bond donors (Lipinski definition) is 2. The second-order valence-electron chi connectivity index (χ2n) is 7.10. The van der Waals surface area contributed by atoms with E-state index in [9.17, 15) is 9.59 Å². The minimum atomic E-state index is -0.534. The molecule has 0 aliphatic carbocycles. The van der Waals surface area contributed by atoms with Gasteiger partial charge < -0.3 is 24.7 Å². The van der Waals surface area contributed by atoms with Gasteiger partial charge in [-0.25, -0.2) is 4.79 Å². The number of hydrogen-bond acceptors (Lipinski definition) is 5. The van der Waals surface area contributed by atoms with Gasteiger partial charge in [0.05, 0.1) is 30.8 Å². The number of anilines is 1. The number of carbonyl (C=O) groups excluding carboxylic acids is 2. The molecule has 1 amide bonds. The van der Waals surface area contributed by atoms with Gasteiger partial charge in [-0.2, -0.15) is 0 Å². The second kappa shape index (κ2) is 8.43. The van der Waals surface area contributed by atoms with Crippen LogP contribution in [0.5, 0.6) is 5.75 Å². The van der Waals surface area contributed by atoms with Gasteiger partial charge in [-0.3, -0.25) is 4.79 Å². The number of H-pyrrole nitrogens is 1. The third-order valence-corrected chi connectivity index (χ3v) is 5.06. The van der Waals surface area contributed by atoms with Crippen molar-refractivity contribution in [2.75, 3.05) is 39.2 Å². The molecule has 0 bridgehead atoms. The maximum atomic E-state index is 12.6. The monoisotopic (exact) mass is 373 g/mol. The van der Waals surface area contributed by atoms with Gasteiger partial charge in [-0.15, -0.1) is 0 Å². The smallest absolute Gasteiger partial charge is 0.356 e. The highest BCUT2D eigenvalue weighted by Crippen LogP contribution is 2.35. The number of benzene rings is 1. The molecule has 1 unspecified atom stereocenters. The molecule has 7 nitrogen and oxygen atoms in total. The summed E-state index contributed by atoms with van der Waals surface area (Å²) in [6, 6.07) is 5.44. The number of likely N-dealkylation sites (tertiary alicyclic amines) is 1. The summed E-state index contributed by atoms with van der Waals surface area (Å²) in [6.07, 6.45) is 2.80. The van der Waals surface area contributed by atoms with Gasteiger partial charge in [0.25, 0.3) is 0 Å². The normalized spacial score (nSPS) is 17.7. The summed E-state index contributed by atoms with van der Waals surface area (Å²) in [5.41, 5.74) is 1.33. The van der Waals surface area contributed by atoms with Crippen molar-refractivity contribution >= 4 is 28.5 Å². The van der Waals surface area contributed by atoms with E-state index in [4.69, 9.17) is 9.47 Å². The number of ether oxygens (including phenoxy) is 2. The van der Waals surface area contributed by atoms with E-state index >= 15 is 0 Å². The van der Waals surface area contributed by atoms with Gasteiger partial charge in [0, 0.05) is 19.5 Å². The molecule has 27 heavy (non-hydrogen) atoms. The molecule has 1 fully saturated rings. The van der Waals surface area contributed by atoms with Crippen LogP contribution in [0.25, 0.3) is 10.9 Å². The molecule has 0 radical (unpaired) electrons. The van der Waals surface area contributed by atoms with Crippen molar-refractivity contribution < 1.29 is 19.1 Å². The molecule has 7 heteroatoms. The first-order valence-corrected chi connectivity index (χ1v) is 9.32. The molecule has 2 N–H and O–H groups in total. The molecule has 1 saturated heterocycles. The molecule has 1 aromatic heterocycles. The molecule has 0 saturated carbocycles. The molecule has 1 aliphatic rings. The fraction of sp³-hybridized carbons (Fsp3) is 0.500. The maximum Gasteiger partial charge on any atom is 0.356 e. The number of fused-ring (bicyclic) bond motifs is 1. The predicted octanol–water partition coefficient (Wildman–Crippen LogP) is 3.02. The van der Waals surface area contributed by atoms with Crippen LogP contribution in [0.1, 0.15) is 36.7 Å². The van der Waals surface area contributed by atoms with Crippen molar-refractivity contribution in [3.8, 4) is 5.75 Å². The van der Waals surface area contributed by atoms with Gasteiger partial charge in [0.1, 0.15) is 11.4 Å². The average molecular weight is 373 g/mol. The molecule has 1 aliphatic heterocycles. The fourth-order valence-electron chi connectivity index (χ4n) is 3.72. The lowest BCUT2D eigenvalue weighted by Gasteiger charge is -2.30. The minimum Gasteiger partial charge on any atom is -0.496 e. The lowest BCUT2D eigenvalue weighted by Crippen LogP contribution is -2.36. The van der Waals surface area contributed by atoms with Crippen LogP contribution in [-0.4, -0.2) is 55.6 Å². The third kappa shape index (κ3) is 4.24. The summed E-state index contributed by atoms with van der Waals surface area (Å²) in [5.74, 6) is 0.586. The maximum absolute atomic E-state index is 12.6. The Bertz CT molecular complexity index is 830. The molecular weight excluding hydrogens is 346 g/mol. The number of rotatable bonds is 6. The number of esters is 1. The van der Waals surface area contributed by atoms with E-state index in [2.05, 4.69) is 22.1 Å². The van der Waals surface area contributed by atoms with Crippen LogP contribution in [0.3, 0.4) is 0 Å². The van der Waals surface area contributed by atoms with Gasteiger partial charge in [0.15, 0.2) is 0 Å². The van der Waals surface area contributed by atoms with E-state index in [1.807, 2.05) is 12.1 Å². The van der Waals surface area contributed by atoms with Gasteiger partial charge in [-0.05, 0) is 37.4 Å². The molecule has 3 rings (SSSR count). The van der Waals surface area contributed by atoms with Crippen molar-refractivity contribution in [3.05, 3.63) is 23.9 Å². The lowest BCUT2D eigenvalue weighted by atomic mass is 10.0. The van der Waals surface area contributed by atoms with Crippen LogP contribution in [0.2, 0.25) is 0 Å². The number of aromatic nitrogens is 1. The van der Waals surface area contributed by atoms with Gasteiger partial charge in [-0.1, -0.05) is 13.0 Å². The highest BCUT2D eigenvalue weighted by atomic mass is 16.5. The van der Waals surface area contributed by atoms with Crippen LogP contribution in [0, 0.1) is 5.92 Å². The predicted molar refractivity (Wildman–Crippen MR) is 104 cm³/mol. The number of nitrogens with zero attached hydrogens (tertiary/aromatic N) is 1. The lowest BCUT2D eigenvalue weighted by molar-refractivity contribution is -0.116. The molecule has 1 aromatic carbocycles. The largest absolute Gasteiger partial charge is 0.496 e. The van der Waals surface area contributed by atoms with Crippen molar-refractivity contribution in [2.24, 2.45) is 5.92 Å². The number of piperidine rings is 1. The topological polar surface area (TPSA) is 83.7 Å². The SMILES string of the molecule is COC(=O)c1[nH]c2cccc(OC)c2c1NC(=O)CCN1CCCC(C)C1. The zero-order chi connectivity index (χ0) is 19.4. The first kappa shape index (κ1) is 19.2. The van der Waals surface area contributed by atoms with E-state index < -0.39 is 5.97 Å². The molecular formula is C20H27N3O4. The average Bonchev–Trinajstić information content (AvgIpc) is 3.04. The molecule has 146 valence electrons. The fourth-order valence-corrected chi connectivity index (χ4v) is 3.72. The van der Waals surface area contributed by atoms with Crippen molar-refractivity contribution in [2.45, 2.75) is 26.2 Å². The van der Waals surface area contributed by atoms with Crippen molar-refractivity contribution in [1.82, 2.24) is 9.88 Å². The standard InChI is InChI=1S/C20H27N3O4/c1-13-6-5-10-23(12-13)11-9-16(24)22-18-17-14(7-4-8-15(17)26-2)21-19(18)20(25)27-3/h4,7-8,13,21H,5-6,9-12H2,1-3H3,(H,22,24). The Hall–Kier alpha value is -2.54.